The van der Waals surface area contributed by atoms with Gasteiger partial charge in [0.15, 0.2) is 11.5 Å². The van der Waals surface area contributed by atoms with Crippen molar-refractivity contribution in [2.24, 2.45) is 0 Å². The molecule has 0 spiro atoms. The lowest BCUT2D eigenvalue weighted by molar-refractivity contribution is 0.354. The summed E-state index contributed by atoms with van der Waals surface area (Å²) in [6.45, 7) is 3.91. The molecule has 0 heterocycles. The van der Waals surface area contributed by atoms with Gasteiger partial charge in [0.05, 0.1) is 19.9 Å². The summed E-state index contributed by atoms with van der Waals surface area (Å²) in [5.41, 5.74) is 5.86. The third-order valence-corrected chi connectivity index (χ3v) is 3.55. The van der Waals surface area contributed by atoms with Gasteiger partial charge in [0.25, 0.3) is 0 Å². The average Bonchev–Trinajstić information content (AvgIpc) is 2.59. The minimum atomic E-state index is 0.763. The molecule has 1 N–H and O–H groups in total. The number of para-hydroxylation sites is 1. The molecule has 0 aromatic heterocycles. The van der Waals surface area contributed by atoms with E-state index in [1.165, 1.54) is 11.3 Å². The number of anilines is 1. The number of ether oxygens (including phenoxy) is 2. The Balaban J connectivity index is 1.93. The minimum absolute atomic E-state index is 0.763. The van der Waals surface area contributed by atoms with Gasteiger partial charge in [-0.05, 0) is 43.2 Å². The average molecular weight is 300 g/mol. The van der Waals surface area contributed by atoms with Crippen LogP contribution in [0.4, 0.5) is 5.69 Å². The van der Waals surface area contributed by atoms with Gasteiger partial charge in [-0.25, -0.2) is 5.43 Å². The first-order valence-electron chi connectivity index (χ1n) is 7.55. The Bertz CT molecular complexity index is 573. The predicted octanol–water partition coefficient (Wildman–Crippen LogP) is 3.28. The molecule has 22 heavy (non-hydrogen) atoms. The predicted molar refractivity (Wildman–Crippen MR) is 90.7 cm³/mol. The number of nitrogens with one attached hydrogen (secondary N) is 1. The lowest BCUT2D eigenvalue weighted by Gasteiger charge is -2.24. The van der Waals surface area contributed by atoms with Gasteiger partial charge in [0, 0.05) is 13.1 Å². The van der Waals surface area contributed by atoms with Crippen LogP contribution in [-0.2, 0) is 6.42 Å². The second-order valence-corrected chi connectivity index (χ2v) is 4.93. The van der Waals surface area contributed by atoms with Crippen LogP contribution >= 0.6 is 0 Å². The van der Waals surface area contributed by atoms with Crippen LogP contribution in [0.3, 0.4) is 0 Å². The first-order chi connectivity index (χ1) is 10.8. The summed E-state index contributed by atoms with van der Waals surface area (Å²) in [5, 5.41) is 2.15. The quantitative estimate of drug-likeness (QED) is 0.759. The fourth-order valence-electron chi connectivity index (χ4n) is 2.36. The summed E-state index contributed by atoms with van der Waals surface area (Å²) in [6, 6.07) is 16.4. The molecule has 4 heteroatoms. The number of nitrogens with zero attached hydrogens (tertiary/aromatic N) is 1. The Kier molecular flexibility index (Phi) is 6.10. The molecular weight excluding hydrogens is 276 g/mol. The zero-order chi connectivity index (χ0) is 15.8. The van der Waals surface area contributed by atoms with Crippen molar-refractivity contribution in [3.05, 3.63) is 54.1 Å². The maximum atomic E-state index is 5.34. The molecule has 2 rings (SSSR count). The smallest absolute Gasteiger partial charge is 0.160 e. The molecule has 0 fully saturated rings. The topological polar surface area (TPSA) is 33.7 Å². The molecule has 0 unspecified atom stereocenters. The number of methoxy groups -OCH3 is 2. The van der Waals surface area contributed by atoms with Gasteiger partial charge in [0.1, 0.15) is 0 Å². The van der Waals surface area contributed by atoms with E-state index in [4.69, 9.17) is 9.47 Å². The molecular formula is C18H24N2O2. The molecule has 2 aromatic carbocycles. The lowest BCUT2D eigenvalue weighted by atomic mass is 10.1. The van der Waals surface area contributed by atoms with Crippen molar-refractivity contribution >= 4 is 5.69 Å². The maximum Gasteiger partial charge on any atom is 0.160 e. The fraction of sp³-hybridized carbons (Fsp3) is 0.333. The monoisotopic (exact) mass is 300 g/mol. The van der Waals surface area contributed by atoms with Crippen molar-refractivity contribution in [3.63, 3.8) is 0 Å². The van der Waals surface area contributed by atoms with Crippen molar-refractivity contribution in [1.29, 1.82) is 0 Å². The molecule has 0 aliphatic carbocycles. The summed E-state index contributed by atoms with van der Waals surface area (Å²) in [5.74, 6) is 1.54. The van der Waals surface area contributed by atoms with Gasteiger partial charge in [-0.2, -0.15) is 0 Å². The second-order valence-electron chi connectivity index (χ2n) is 4.93. The third kappa shape index (κ3) is 4.15. The number of rotatable bonds is 8. The number of hydrogen-bond donors (Lipinski definition) is 1. The zero-order valence-corrected chi connectivity index (χ0v) is 13.5. The highest BCUT2D eigenvalue weighted by Crippen LogP contribution is 2.27. The van der Waals surface area contributed by atoms with E-state index in [9.17, 15) is 0 Å². The van der Waals surface area contributed by atoms with Crippen molar-refractivity contribution in [2.45, 2.75) is 13.3 Å². The van der Waals surface area contributed by atoms with E-state index in [-0.39, 0.29) is 0 Å². The summed E-state index contributed by atoms with van der Waals surface area (Å²) < 4.78 is 10.6. The van der Waals surface area contributed by atoms with Crippen molar-refractivity contribution in [1.82, 2.24) is 5.43 Å². The van der Waals surface area contributed by atoms with Crippen LogP contribution in [0.2, 0.25) is 0 Å². The molecule has 0 aliphatic heterocycles. The normalized spacial score (nSPS) is 10.3. The SMILES string of the molecule is CCN(NCCc1ccc(OC)c(OC)c1)c1ccccc1. The summed E-state index contributed by atoms with van der Waals surface area (Å²) in [7, 11) is 3.31. The van der Waals surface area contributed by atoms with Crippen molar-refractivity contribution < 1.29 is 9.47 Å². The molecule has 0 saturated carbocycles. The zero-order valence-electron chi connectivity index (χ0n) is 13.5. The van der Waals surface area contributed by atoms with E-state index in [0.29, 0.717) is 0 Å². The minimum Gasteiger partial charge on any atom is -0.493 e. The Hall–Kier alpha value is -2.20. The largest absolute Gasteiger partial charge is 0.493 e. The molecule has 118 valence electrons. The summed E-state index contributed by atoms with van der Waals surface area (Å²) in [4.78, 5) is 0. The highest BCUT2D eigenvalue weighted by Gasteiger charge is 2.06. The van der Waals surface area contributed by atoms with Crippen LogP contribution in [-0.4, -0.2) is 27.3 Å². The summed E-state index contributed by atoms with van der Waals surface area (Å²) in [6.07, 6.45) is 0.920. The Morgan fingerprint density at radius 1 is 0.955 bits per heavy atom. The lowest BCUT2D eigenvalue weighted by Crippen LogP contribution is -2.39. The van der Waals surface area contributed by atoms with Crippen LogP contribution < -0.4 is 19.9 Å². The van der Waals surface area contributed by atoms with E-state index in [1.54, 1.807) is 14.2 Å². The van der Waals surface area contributed by atoms with Gasteiger partial charge in [-0.3, -0.25) is 0 Å². The number of hydrogen-bond acceptors (Lipinski definition) is 4. The Morgan fingerprint density at radius 3 is 2.32 bits per heavy atom. The second kappa shape index (κ2) is 8.29. The highest BCUT2D eigenvalue weighted by molar-refractivity contribution is 5.45. The molecule has 0 atom stereocenters. The van der Waals surface area contributed by atoms with Crippen molar-refractivity contribution in [3.8, 4) is 11.5 Å². The third-order valence-electron chi connectivity index (χ3n) is 3.55. The van der Waals surface area contributed by atoms with Crippen molar-refractivity contribution in [2.75, 3.05) is 32.3 Å². The first-order valence-corrected chi connectivity index (χ1v) is 7.55. The van der Waals surface area contributed by atoms with E-state index >= 15 is 0 Å². The molecule has 0 amide bonds. The van der Waals surface area contributed by atoms with Crippen LogP contribution in [0.5, 0.6) is 11.5 Å². The van der Waals surface area contributed by atoms with Gasteiger partial charge in [-0.15, -0.1) is 0 Å². The first kappa shape index (κ1) is 16.2. The van der Waals surface area contributed by atoms with E-state index in [2.05, 4.69) is 35.6 Å². The van der Waals surface area contributed by atoms with Gasteiger partial charge >= 0.3 is 0 Å². The number of benzene rings is 2. The van der Waals surface area contributed by atoms with Crippen LogP contribution in [0.15, 0.2) is 48.5 Å². The van der Waals surface area contributed by atoms with Gasteiger partial charge < -0.3 is 14.5 Å². The molecule has 0 aliphatic rings. The summed E-state index contributed by atoms with van der Waals surface area (Å²) >= 11 is 0. The molecule has 4 nitrogen and oxygen atoms in total. The molecule has 0 bridgehead atoms. The Morgan fingerprint density at radius 2 is 1.68 bits per heavy atom. The Labute approximate surface area is 132 Å². The molecule has 0 radical (unpaired) electrons. The standard InChI is InChI=1S/C18H24N2O2/c1-4-20(16-8-6-5-7-9-16)19-13-12-15-10-11-17(21-2)18(14-15)22-3/h5-11,14,19H,4,12-13H2,1-3H3. The van der Waals surface area contributed by atoms with E-state index < -0.39 is 0 Å². The molecule has 0 saturated heterocycles. The van der Waals surface area contributed by atoms with Crippen LogP contribution in [0.1, 0.15) is 12.5 Å². The highest BCUT2D eigenvalue weighted by atomic mass is 16.5. The van der Waals surface area contributed by atoms with Crippen LogP contribution in [0, 0.1) is 0 Å². The van der Waals surface area contributed by atoms with Crippen LogP contribution in [0.25, 0.3) is 0 Å². The van der Waals surface area contributed by atoms with E-state index in [0.717, 1.165) is 31.0 Å². The fourth-order valence-corrected chi connectivity index (χ4v) is 2.36. The van der Waals surface area contributed by atoms with E-state index in [1.807, 2.05) is 30.3 Å². The maximum absolute atomic E-state index is 5.34. The molecule has 2 aromatic rings. The van der Waals surface area contributed by atoms with Gasteiger partial charge in [0.2, 0.25) is 0 Å². The van der Waals surface area contributed by atoms with Gasteiger partial charge in [-0.1, -0.05) is 24.3 Å². The number of hydrazine groups is 1.